The summed E-state index contributed by atoms with van der Waals surface area (Å²) in [7, 11) is 1.57. The van der Waals surface area contributed by atoms with Crippen molar-refractivity contribution in [1.82, 2.24) is 5.01 Å². The third-order valence-corrected chi connectivity index (χ3v) is 6.38. The van der Waals surface area contributed by atoms with Crippen molar-refractivity contribution in [2.75, 3.05) is 7.11 Å². The molecular formula is C21H23BrN2O4. The van der Waals surface area contributed by atoms with Gasteiger partial charge in [0.2, 0.25) is 0 Å². The Balaban J connectivity index is 1.64. The lowest BCUT2D eigenvalue weighted by Crippen LogP contribution is -2.28. The van der Waals surface area contributed by atoms with Crippen LogP contribution in [0.2, 0.25) is 0 Å². The van der Waals surface area contributed by atoms with Gasteiger partial charge in [-0.15, -0.1) is 0 Å². The predicted molar refractivity (Wildman–Crippen MR) is 108 cm³/mol. The van der Waals surface area contributed by atoms with E-state index in [0.717, 1.165) is 22.3 Å². The molecule has 7 heteroatoms. The van der Waals surface area contributed by atoms with Crippen LogP contribution in [-0.2, 0) is 9.59 Å². The molecule has 1 heterocycles. The fourth-order valence-corrected chi connectivity index (χ4v) is 4.82. The van der Waals surface area contributed by atoms with Gasteiger partial charge in [-0.1, -0.05) is 35.0 Å². The summed E-state index contributed by atoms with van der Waals surface area (Å²) in [5.41, 5.74) is 0.644. The van der Waals surface area contributed by atoms with Gasteiger partial charge in [-0.25, -0.2) is 0 Å². The number of hydrogen-bond acceptors (Lipinski definition) is 5. The number of carbonyl (C=O) groups excluding carboxylic acids is 2. The molecule has 1 aromatic carbocycles. The summed E-state index contributed by atoms with van der Waals surface area (Å²) < 4.78 is 12.3. The number of rotatable bonds is 6. The molecule has 0 radical (unpaired) electrons. The number of hydrazone groups is 1. The van der Waals surface area contributed by atoms with Crippen LogP contribution in [0.15, 0.2) is 33.9 Å². The zero-order valence-electron chi connectivity index (χ0n) is 16.1. The first-order chi connectivity index (χ1) is 13.4. The summed E-state index contributed by atoms with van der Waals surface area (Å²) in [4.78, 5) is 25.6. The lowest BCUT2D eigenvalue weighted by atomic mass is 9.85. The van der Waals surface area contributed by atoms with Crippen molar-refractivity contribution in [2.24, 2.45) is 28.8 Å². The van der Waals surface area contributed by atoms with Gasteiger partial charge in [0.05, 0.1) is 31.3 Å². The van der Waals surface area contributed by atoms with Gasteiger partial charge in [0.1, 0.15) is 0 Å². The summed E-state index contributed by atoms with van der Waals surface area (Å²) in [5, 5.41) is 5.31. The monoisotopic (exact) mass is 446 g/mol. The predicted octanol–water partition coefficient (Wildman–Crippen LogP) is 3.78. The maximum Gasteiger partial charge on any atom is 0.254 e. The molecule has 6 nitrogen and oxygen atoms in total. The highest BCUT2D eigenvalue weighted by atomic mass is 79.9. The molecule has 2 bridgehead atoms. The second-order valence-corrected chi connectivity index (χ2v) is 8.51. The number of benzene rings is 1. The molecule has 2 fully saturated rings. The SMILES string of the molecule is CC[C@H](C)Oc1c(C=NN2C(=O)[C@@H]3[C@H](C2=O)[C@H]2C=C[C@H]3C2)cc(Br)cc1OC. The van der Waals surface area contributed by atoms with Gasteiger partial charge in [-0.3, -0.25) is 9.59 Å². The molecule has 0 spiro atoms. The maximum absolute atomic E-state index is 12.8. The van der Waals surface area contributed by atoms with E-state index in [9.17, 15) is 9.59 Å². The van der Waals surface area contributed by atoms with Crippen LogP contribution in [0.3, 0.4) is 0 Å². The summed E-state index contributed by atoms with van der Waals surface area (Å²) in [5.74, 6) is 0.534. The average Bonchev–Trinajstić information content (AvgIpc) is 3.36. The van der Waals surface area contributed by atoms with Gasteiger partial charge >= 0.3 is 0 Å². The first-order valence-corrected chi connectivity index (χ1v) is 10.4. The highest BCUT2D eigenvalue weighted by Gasteiger charge is 2.59. The Labute approximate surface area is 172 Å². The van der Waals surface area contributed by atoms with Crippen LogP contribution >= 0.6 is 15.9 Å². The number of ether oxygens (including phenoxy) is 2. The van der Waals surface area contributed by atoms with Gasteiger partial charge < -0.3 is 9.47 Å². The minimum Gasteiger partial charge on any atom is -0.493 e. The molecule has 1 aliphatic heterocycles. The van der Waals surface area contributed by atoms with Gasteiger partial charge in [0.15, 0.2) is 11.5 Å². The zero-order chi connectivity index (χ0) is 20.0. The first-order valence-electron chi connectivity index (χ1n) is 9.58. The summed E-state index contributed by atoms with van der Waals surface area (Å²) >= 11 is 3.46. The second kappa shape index (κ2) is 7.35. The fraction of sp³-hybridized carbons (Fsp3) is 0.476. The van der Waals surface area contributed by atoms with Gasteiger partial charge in [-0.2, -0.15) is 10.1 Å². The van der Waals surface area contributed by atoms with E-state index in [4.69, 9.17) is 9.47 Å². The van der Waals surface area contributed by atoms with Crippen LogP contribution in [0, 0.1) is 23.7 Å². The van der Waals surface area contributed by atoms with Crippen molar-refractivity contribution >= 4 is 34.0 Å². The highest BCUT2D eigenvalue weighted by Crippen LogP contribution is 2.52. The van der Waals surface area contributed by atoms with Crippen molar-refractivity contribution in [2.45, 2.75) is 32.8 Å². The van der Waals surface area contributed by atoms with Crippen molar-refractivity contribution in [3.05, 3.63) is 34.3 Å². The van der Waals surface area contributed by atoms with E-state index in [0.29, 0.717) is 17.1 Å². The van der Waals surface area contributed by atoms with Crippen LogP contribution in [0.25, 0.3) is 0 Å². The van der Waals surface area contributed by atoms with Crippen molar-refractivity contribution in [3.63, 3.8) is 0 Å². The lowest BCUT2D eigenvalue weighted by Gasteiger charge is -2.18. The zero-order valence-corrected chi connectivity index (χ0v) is 17.7. The molecule has 148 valence electrons. The molecule has 2 amide bonds. The number of amides is 2. The van der Waals surface area contributed by atoms with Gasteiger partial charge in [0.25, 0.3) is 11.8 Å². The minimum absolute atomic E-state index is 0.0154. The number of halogens is 1. The summed E-state index contributed by atoms with van der Waals surface area (Å²) in [6.07, 6.45) is 7.37. The third-order valence-electron chi connectivity index (χ3n) is 5.92. The van der Waals surface area contributed by atoms with Crippen LogP contribution in [-0.4, -0.2) is 36.3 Å². The second-order valence-electron chi connectivity index (χ2n) is 7.60. The maximum atomic E-state index is 12.8. The number of carbonyl (C=O) groups is 2. The molecule has 0 unspecified atom stereocenters. The number of nitrogens with zero attached hydrogens (tertiary/aromatic N) is 2. The smallest absolute Gasteiger partial charge is 0.254 e. The van der Waals surface area contributed by atoms with Crippen molar-refractivity contribution in [1.29, 1.82) is 0 Å². The van der Waals surface area contributed by atoms with E-state index in [1.807, 2.05) is 26.0 Å². The Morgan fingerprint density at radius 3 is 2.46 bits per heavy atom. The van der Waals surface area contributed by atoms with Crippen LogP contribution in [0.1, 0.15) is 32.3 Å². The number of methoxy groups -OCH3 is 1. The molecular weight excluding hydrogens is 424 g/mol. The molecule has 4 rings (SSSR count). The van der Waals surface area contributed by atoms with E-state index < -0.39 is 0 Å². The third kappa shape index (κ3) is 3.05. The van der Waals surface area contributed by atoms with E-state index >= 15 is 0 Å². The van der Waals surface area contributed by atoms with E-state index in [-0.39, 0.29) is 41.6 Å². The minimum atomic E-state index is -0.257. The standard InChI is InChI=1S/C21H23BrN2O4/c1-4-11(2)28-19-14(8-15(22)9-16(19)27-3)10-23-24-20(25)17-12-5-6-13(7-12)18(17)21(24)26/h5-6,8-13,17-18H,4,7H2,1-3H3/t11-,12-,13-,17-,18+/m0/s1. The fourth-order valence-electron chi connectivity index (χ4n) is 4.37. The quantitative estimate of drug-likeness (QED) is 0.378. The molecule has 0 aromatic heterocycles. The largest absolute Gasteiger partial charge is 0.493 e. The number of hydrogen-bond donors (Lipinski definition) is 0. The van der Waals surface area contributed by atoms with Crippen molar-refractivity contribution < 1.29 is 19.1 Å². The van der Waals surface area contributed by atoms with Crippen molar-refractivity contribution in [3.8, 4) is 11.5 Å². The molecule has 5 atom stereocenters. The van der Waals surface area contributed by atoms with Crippen LogP contribution in [0.4, 0.5) is 0 Å². The van der Waals surface area contributed by atoms with E-state index in [1.165, 1.54) is 6.21 Å². The summed E-state index contributed by atoms with van der Waals surface area (Å²) in [6, 6.07) is 3.65. The Kier molecular flexibility index (Phi) is 5.04. The molecule has 1 saturated heterocycles. The van der Waals surface area contributed by atoms with E-state index in [2.05, 4.69) is 33.2 Å². The first kappa shape index (κ1) is 19.2. The topological polar surface area (TPSA) is 68.2 Å². The molecule has 2 aliphatic carbocycles. The molecule has 1 aromatic rings. The normalized spacial score (nSPS) is 29.1. The molecule has 1 saturated carbocycles. The van der Waals surface area contributed by atoms with Crippen LogP contribution in [0.5, 0.6) is 11.5 Å². The molecule has 3 aliphatic rings. The Morgan fingerprint density at radius 2 is 1.89 bits per heavy atom. The Morgan fingerprint density at radius 1 is 1.25 bits per heavy atom. The number of imide groups is 1. The Bertz CT molecular complexity index is 851. The number of fused-ring (bicyclic) bond motifs is 5. The Hall–Kier alpha value is -2.15. The number of allylic oxidation sites excluding steroid dienone is 2. The highest BCUT2D eigenvalue weighted by molar-refractivity contribution is 9.10. The molecule has 28 heavy (non-hydrogen) atoms. The van der Waals surface area contributed by atoms with Gasteiger partial charge in [-0.05, 0) is 43.7 Å². The average molecular weight is 447 g/mol. The van der Waals surface area contributed by atoms with Gasteiger partial charge in [0, 0.05) is 10.0 Å². The lowest BCUT2D eigenvalue weighted by molar-refractivity contribution is -0.140. The van der Waals surface area contributed by atoms with E-state index in [1.54, 1.807) is 7.11 Å². The summed E-state index contributed by atoms with van der Waals surface area (Å²) in [6.45, 7) is 4.01. The molecule has 0 N–H and O–H groups in total. The van der Waals surface area contributed by atoms with Crippen LogP contribution < -0.4 is 9.47 Å².